The normalized spacial score (nSPS) is 11.9. The van der Waals surface area contributed by atoms with Crippen molar-refractivity contribution in [2.75, 3.05) is 0 Å². The van der Waals surface area contributed by atoms with Gasteiger partial charge >= 0.3 is 12.4 Å². The molecule has 0 N–H and O–H groups in total. The van der Waals surface area contributed by atoms with Gasteiger partial charge in [-0.2, -0.15) is 26.3 Å². The van der Waals surface area contributed by atoms with Crippen molar-refractivity contribution in [1.82, 2.24) is 0 Å². The second-order valence-corrected chi connectivity index (χ2v) is 5.67. The van der Waals surface area contributed by atoms with Gasteiger partial charge in [-0.05, 0) is 36.4 Å². The molecule has 0 radical (unpaired) electrons. The second-order valence-electron chi connectivity index (χ2n) is 5.67. The van der Waals surface area contributed by atoms with Crippen molar-refractivity contribution < 1.29 is 35.8 Å². The SMILES string of the molecule is FC(F)(F)c1cc(Oc2ccccc2)cc(C(F)(F)F)c1Oc1ccccc1. The van der Waals surface area contributed by atoms with Crippen LogP contribution in [0.3, 0.4) is 0 Å². The van der Waals surface area contributed by atoms with Gasteiger partial charge in [0.25, 0.3) is 0 Å². The molecule has 3 rings (SSSR count). The molecular weight excluding hydrogens is 386 g/mol. The fourth-order valence-corrected chi connectivity index (χ4v) is 2.42. The van der Waals surface area contributed by atoms with Crippen LogP contribution in [0.5, 0.6) is 23.0 Å². The summed E-state index contributed by atoms with van der Waals surface area (Å²) in [6, 6.07) is 15.4. The minimum Gasteiger partial charge on any atom is -0.457 e. The lowest BCUT2D eigenvalue weighted by atomic mass is 10.1. The fraction of sp³-hybridized carbons (Fsp3) is 0.100. The third-order valence-corrected chi connectivity index (χ3v) is 3.62. The van der Waals surface area contributed by atoms with Gasteiger partial charge in [0, 0.05) is 0 Å². The number of ether oxygens (including phenoxy) is 2. The van der Waals surface area contributed by atoms with Crippen LogP contribution in [-0.2, 0) is 12.4 Å². The maximum Gasteiger partial charge on any atom is 0.420 e. The molecule has 0 aliphatic heterocycles. The zero-order valence-corrected chi connectivity index (χ0v) is 14.0. The quantitative estimate of drug-likeness (QED) is 0.429. The minimum atomic E-state index is -5.10. The Morgan fingerprint density at radius 1 is 0.500 bits per heavy atom. The fourth-order valence-electron chi connectivity index (χ4n) is 2.42. The smallest absolute Gasteiger partial charge is 0.420 e. The summed E-state index contributed by atoms with van der Waals surface area (Å²) < 4.78 is 91.4. The average molecular weight is 398 g/mol. The Bertz CT molecular complexity index is 899. The molecule has 0 amide bonds. The van der Waals surface area contributed by atoms with Crippen LogP contribution in [0.15, 0.2) is 72.8 Å². The third kappa shape index (κ3) is 4.57. The van der Waals surface area contributed by atoms with Crippen LogP contribution >= 0.6 is 0 Å². The van der Waals surface area contributed by atoms with E-state index < -0.39 is 35.0 Å². The molecule has 0 atom stereocenters. The Kier molecular flexibility index (Phi) is 5.22. The lowest BCUT2D eigenvalue weighted by Gasteiger charge is -2.20. The zero-order valence-electron chi connectivity index (χ0n) is 14.0. The Morgan fingerprint density at radius 2 is 0.893 bits per heavy atom. The first-order chi connectivity index (χ1) is 13.1. The maximum atomic E-state index is 13.5. The largest absolute Gasteiger partial charge is 0.457 e. The van der Waals surface area contributed by atoms with Crippen molar-refractivity contribution in [3.63, 3.8) is 0 Å². The van der Waals surface area contributed by atoms with Gasteiger partial charge < -0.3 is 9.47 Å². The molecule has 3 aromatic carbocycles. The molecule has 8 heteroatoms. The van der Waals surface area contributed by atoms with Crippen molar-refractivity contribution >= 4 is 0 Å². The van der Waals surface area contributed by atoms with Crippen molar-refractivity contribution in [3.8, 4) is 23.0 Å². The Labute approximate surface area is 155 Å². The summed E-state index contributed by atoms with van der Waals surface area (Å²) in [6.07, 6.45) is -10.2. The Morgan fingerprint density at radius 3 is 1.29 bits per heavy atom. The average Bonchev–Trinajstić information content (AvgIpc) is 2.62. The van der Waals surface area contributed by atoms with Gasteiger partial charge in [-0.15, -0.1) is 0 Å². The minimum absolute atomic E-state index is 0.0977. The molecule has 0 aromatic heterocycles. The van der Waals surface area contributed by atoms with Gasteiger partial charge in [0.2, 0.25) is 0 Å². The van der Waals surface area contributed by atoms with E-state index in [2.05, 4.69) is 0 Å². The number of alkyl halides is 6. The highest BCUT2D eigenvalue weighted by molar-refractivity contribution is 5.52. The van der Waals surface area contributed by atoms with E-state index in [9.17, 15) is 26.3 Å². The zero-order chi connectivity index (χ0) is 20.4. The molecule has 0 aliphatic carbocycles. The highest BCUT2D eigenvalue weighted by Gasteiger charge is 2.43. The Hall–Kier alpha value is -3.16. The number of hydrogen-bond acceptors (Lipinski definition) is 2. The van der Waals surface area contributed by atoms with Crippen LogP contribution in [0.4, 0.5) is 26.3 Å². The van der Waals surface area contributed by atoms with E-state index in [-0.39, 0.29) is 11.5 Å². The molecule has 0 heterocycles. The van der Waals surface area contributed by atoms with Crippen LogP contribution < -0.4 is 9.47 Å². The summed E-state index contributed by atoms with van der Waals surface area (Å²) in [7, 11) is 0. The van der Waals surface area contributed by atoms with Crippen molar-refractivity contribution in [2.24, 2.45) is 0 Å². The molecule has 0 aliphatic rings. The first kappa shape index (κ1) is 19.6. The van der Waals surface area contributed by atoms with E-state index in [4.69, 9.17) is 9.47 Å². The molecule has 0 bridgehead atoms. The Balaban J connectivity index is 2.16. The van der Waals surface area contributed by atoms with Crippen LogP contribution in [0.2, 0.25) is 0 Å². The van der Waals surface area contributed by atoms with E-state index in [1.54, 1.807) is 12.1 Å². The lowest BCUT2D eigenvalue weighted by Crippen LogP contribution is -2.14. The lowest BCUT2D eigenvalue weighted by molar-refractivity contribution is -0.145. The summed E-state index contributed by atoms with van der Waals surface area (Å²) in [5.41, 5.74) is -3.17. The molecule has 3 aromatic rings. The van der Waals surface area contributed by atoms with Crippen molar-refractivity contribution in [3.05, 3.63) is 83.9 Å². The van der Waals surface area contributed by atoms with Crippen LogP contribution in [0.1, 0.15) is 11.1 Å². The topological polar surface area (TPSA) is 18.5 Å². The third-order valence-electron chi connectivity index (χ3n) is 3.62. The monoisotopic (exact) mass is 398 g/mol. The second kappa shape index (κ2) is 7.46. The molecule has 0 saturated heterocycles. The molecule has 0 fully saturated rings. The number of para-hydroxylation sites is 2. The molecule has 146 valence electrons. The van der Waals surface area contributed by atoms with Gasteiger partial charge in [0.05, 0.1) is 0 Å². The van der Waals surface area contributed by atoms with Gasteiger partial charge in [-0.25, -0.2) is 0 Å². The predicted octanol–water partition coefficient (Wildman–Crippen LogP) is 7.31. The summed E-state index contributed by atoms with van der Waals surface area (Å²) in [4.78, 5) is 0. The molecule has 28 heavy (non-hydrogen) atoms. The standard InChI is InChI=1S/C20H12F6O2/c21-19(22,23)16-11-15(27-13-7-3-1-4-8-13)12-17(20(24,25)26)18(16)28-14-9-5-2-6-10-14/h1-12H. The van der Waals surface area contributed by atoms with E-state index in [1.165, 1.54) is 48.5 Å². The molecule has 2 nitrogen and oxygen atoms in total. The number of benzene rings is 3. The van der Waals surface area contributed by atoms with E-state index >= 15 is 0 Å². The van der Waals surface area contributed by atoms with Crippen molar-refractivity contribution in [1.29, 1.82) is 0 Å². The van der Waals surface area contributed by atoms with Crippen molar-refractivity contribution in [2.45, 2.75) is 12.4 Å². The molecule has 0 saturated carbocycles. The van der Waals surface area contributed by atoms with Crippen LogP contribution in [-0.4, -0.2) is 0 Å². The summed E-state index contributed by atoms with van der Waals surface area (Å²) in [6.45, 7) is 0. The molecule has 0 unspecified atom stereocenters. The van der Waals surface area contributed by atoms with Crippen LogP contribution in [0.25, 0.3) is 0 Å². The molecule has 0 spiro atoms. The van der Waals surface area contributed by atoms with Crippen LogP contribution in [0, 0.1) is 0 Å². The number of halogens is 6. The number of hydrogen-bond donors (Lipinski definition) is 0. The number of rotatable bonds is 4. The highest BCUT2D eigenvalue weighted by atomic mass is 19.4. The first-order valence-corrected chi connectivity index (χ1v) is 7.93. The predicted molar refractivity (Wildman–Crippen MR) is 89.5 cm³/mol. The van der Waals surface area contributed by atoms with Gasteiger partial charge in [-0.3, -0.25) is 0 Å². The highest BCUT2D eigenvalue weighted by Crippen LogP contribution is 2.48. The first-order valence-electron chi connectivity index (χ1n) is 7.93. The summed E-state index contributed by atoms with van der Waals surface area (Å²) in [5.74, 6) is -1.99. The van der Waals surface area contributed by atoms with Gasteiger partial charge in [-0.1, -0.05) is 36.4 Å². The van der Waals surface area contributed by atoms with Gasteiger partial charge in [0.1, 0.15) is 28.4 Å². The van der Waals surface area contributed by atoms with E-state index in [0.29, 0.717) is 12.1 Å². The summed E-state index contributed by atoms with van der Waals surface area (Å²) >= 11 is 0. The molecular formula is C20H12F6O2. The maximum absolute atomic E-state index is 13.5. The summed E-state index contributed by atoms with van der Waals surface area (Å²) in [5, 5.41) is 0. The van der Waals surface area contributed by atoms with Gasteiger partial charge in [0.15, 0.2) is 5.75 Å². The van der Waals surface area contributed by atoms with E-state index in [0.717, 1.165) is 0 Å². The van der Waals surface area contributed by atoms with E-state index in [1.807, 2.05) is 0 Å².